The highest BCUT2D eigenvalue weighted by Crippen LogP contribution is 2.24. The van der Waals surface area contributed by atoms with Gasteiger partial charge in [0.05, 0.1) is 18.4 Å². The van der Waals surface area contributed by atoms with Gasteiger partial charge in [0.2, 0.25) is 0 Å². The molecule has 0 saturated carbocycles. The second kappa shape index (κ2) is 6.10. The van der Waals surface area contributed by atoms with Gasteiger partial charge in [-0.05, 0) is 30.7 Å². The van der Waals surface area contributed by atoms with Crippen molar-refractivity contribution in [2.75, 3.05) is 12.8 Å². The minimum Gasteiger partial charge on any atom is -0.495 e. The number of anilines is 1. The van der Waals surface area contributed by atoms with E-state index in [0.29, 0.717) is 17.0 Å². The number of hydrogen-bond donors (Lipinski definition) is 1. The van der Waals surface area contributed by atoms with E-state index >= 15 is 0 Å². The van der Waals surface area contributed by atoms with Crippen molar-refractivity contribution in [1.82, 2.24) is 0 Å². The average Bonchev–Trinajstić information content (AvgIpc) is 2.48. The number of methoxy groups -OCH3 is 1. The van der Waals surface area contributed by atoms with Gasteiger partial charge in [-0.15, -0.1) is 0 Å². The lowest BCUT2D eigenvalue weighted by Crippen LogP contribution is -2.09. The lowest BCUT2D eigenvalue weighted by atomic mass is 10.1. The number of hydrogen-bond acceptors (Lipinski definition) is 4. The Balaban J connectivity index is 2.10. The molecule has 4 heteroatoms. The Morgan fingerprint density at radius 1 is 1.15 bits per heavy atom. The molecule has 1 atom stereocenters. The molecule has 0 radical (unpaired) electrons. The van der Waals surface area contributed by atoms with Crippen molar-refractivity contribution in [2.24, 2.45) is 0 Å². The molecule has 4 nitrogen and oxygen atoms in total. The molecule has 0 spiro atoms. The number of nitrogen functional groups attached to an aromatic ring is 1. The molecule has 2 aromatic rings. The molecule has 0 aliphatic carbocycles. The highest BCUT2D eigenvalue weighted by atomic mass is 16.5. The topological polar surface area (TPSA) is 61.5 Å². The molecule has 2 N–H and O–H groups in total. The third-order valence-electron chi connectivity index (χ3n) is 3.02. The molecule has 0 amide bonds. The predicted octanol–water partition coefficient (Wildman–Crippen LogP) is 3.20. The number of esters is 1. The summed E-state index contributed by atoms with van der Waals surface area (Å²) in [5, 5.41) is 0. The standard InChI is InChI=1S/C16H17NO3/c1-11(12-6-4-3-5-7-12)20-16(18)13-8-9-15(19-2)14(17)10-13/h3-11H,17H2,1-2H3. The number of ether oxygens (including phenoxy) is 2. The first-order chi connectivity index (χ1) is 9.61. The number of carbonyl (C=O) groups is 1. The summed E-state index contributed by atoms with van der Waals surface area (Å²) in [7, 11) is 1.53. The molecule has 0 fully saturated rings. The van der Waals surface area contributed by atoms with Crippen molar-refractivity contribution in [3.05, 3.63) is 59.7 Å². The molecular formula is C16H17NO3. The summed E-state index contributed by atoms with van der Waals surface area (Å²) in [6.45, 7) is 1.83. The first kappa shape index (κ1) is 13.9. The minimum atomic E-state index is -0.407. The van der Waals surface area contributed by atoms with Gasteiger partial charge >= 0.3 is 5.97 Å². The van der Waals surface area contributed by atoms with E-state index in [2.05, 4.69) is 0 Å². The third kappa shape index (κ3) is 3.09. The maximum absolute atomic E-state index is 12.1. The van der Waals surface area contributed by atoms with E-state index in [1.807, 2.05) is 37.3 Å². The molecule has 0 saturated heterocycles. The number of nitrogens with two attached hydrogens (primary N) is 1. The zero-order valence-electron chi connectivity index (χ0n) is 11.5. The maximum Gasteiger partial charge on any atom is 0.338 e. The van der Waals surface area contributed by atoms with Gasteiger partial charge in [0, 0.05) is 0 Å². The van der Waals surface area contributed by atoms with Crippen LogP contribution in [0.4, 0.5) is 5.69 Å². The summed E-state index contributed by atoms with van der Waals surface area (Å²) in [6.07, 6.45) is -0.313. The normalized spacial score (nSPS) is 11.7. The van der Waals surface area contributed by atoms with Gasteiger partial charge in [-0.3, -0.25) is 0 Å². The molecule has 0 aliphatic heterocycles. The van der Waals surface area contributed by atoms with Crippen LogP contribution in [0, 0.1) is 0 Å². The summed E-state index contributed by atoms with van der Waals surface area (Å²) in [5.41, 5.74) is 7.55. The first-order valence-electron chi connectivity index (χ1n) is 6.31. The molecule has 0 aliphatic rings. The Morgan fingerprint density at radius 3 is 2.45 bits per heavy atom. The van der Waals surface area contributed by atoms with Crippen LogP contribution in [0.3, 0.4) is 0 Å². The van der Waals surface area contributed by atoms with Gasteiger partial charge in [-0.2, -0.15) is 0 Å². The molecule has 0 heterocycles. The van der Waals surface area contributed by atoms with E-state index in [9.17, 15) is 4.79 Å². The predicted molar refractivity (Wildman–Crippen MR) is 77.7 cm³/mol. The lowest BCUT2D eigenvalue weighted by molar-refractivity contribution is 0.0338. The molecule has 20 heavy (non-hydrogen) atoms. The highest BCUT2D eigenvalue weighted by Gasteiger charge is 2.14. The van der Waals surface area contributed by atoms with Crippen LogP contribution in [-0.4, -0.2) is 13.1 Å². The van der Waals surface area contributed by atoms with Crippen LogP contribution < -0.4 is 10.5 Å². The monoisotopic (exact) mass is 271 g/mol. The smallest absolute Gasteiger partial charge is 0.338 e. The minimum absolute atomic E-state index is 0.313. The third-order valence-corrected chi connectivity index (χ3v) is 3.02. The molecule has 2 rings (SSSR count). The second-order valence-corrected chi connectivity index (χ2v) is 4.41. The molecule has 0 aromatic heterocycles. The zero-order chi connectivity index (χ0) is 14.5. The van der Waals surface area contributed by atoms with Gasteiger partial charge in [-0.1, -0.05) is 30.3 Å². The maximum atomic E-state index is 12.1. The largest absolute Gasteiger partial charge is 0.495 e. The Labute approximate surface area is 118 Å². The van der Waals surface area contributed by atoms with E-state index < -0.39 is 5.97 Å². The van der Waals surface area contributed by atoms with E-state index in [0.717, 1.165) is 5.56 Å². The van der Waals surface area contributed by atoms with Crippen molar-refractivity contribution in [3.8, 4) is 5.75 Å². The van der Waals surface area contributed by atoms with E-state index in [1.54, 1.807) is 18.2 Å². The van der Waals surface area contributed by atoms with Gasteiger partial charge in [-0.25, -0.2) is 4.79 Å². The quantitative estimate of drug-likeness (QED) is 0.685. The number of rotatable bonds is 4. The average molecular weight is 271 g/mol. The summed E-state index contributed by atoms with van der Waals surface area (Å²) in [6, 6.07) is 14.4. The van der Waals surface area contributed by atoms with Crippen LogP contribution in [0.5, 0.6) is 5.75 Å². The summed E-state index contributed by atoms with van der Waals surface area (Å²) in [4.78, 5) is 12.1. The highest BCUT2D eigenvalue weighted by molar-refractivity contribution is 5.91. The van der Waals surface area contributed by atoms with E-state index in [-0.39, 0.29) is 6.10 Å². The summed E-state index contributed by atoms with van der Waals surface area (Å²) >= 11 is 0. The Kier molecular flexibility index (Phi) is 4.25. The van der Waals surface area contributed by atoms with Crippen molar-refractivity contribution < 1.29 is 14.3 Å². The van der Waals surface area contributed by atoms with E-state index in [1.165, 1.54) is 7.11 Å². The Morgan fingerprint density at radius 2 is 1.85 bits per heavy atom. The molecule has 104 valence electrons. The number of benzene rings is 2. The van der Waals surface area contributed by atoms with Crippen LogP contribution in [0.25, 0.3) is 0 Å². The molecule has 0 bridgehead atoms. The number of carbonyl (C=O) groups excluding carboxylic acids is 1. The van der Waals surface area contributed by atoms with Crippen molar-refractivity contribution in [1.29, 1.82) is 0 Å². The summed E-state index contributed by atoms with van der Waals surface area (Å²) < 4.78 is 10.5. The summed E-state index contributed by atoms with van der Waals surface area (Å²) in [5.74, 6) is 0.133. The fraction of sp³-hybridized carbons (Fsp3) is 0.188. The fourth-order valence-corrected chi connectivity index (χ4v) is 1.88. The molecule has 2 aromatic carbocycles. The van der Waals surface area contributed by atoms with Gasteiger partial charge < -0.3 is 15.2 Å². The SMILES string of the molecule is COc1ccc(C(=O)OC(C)c2ccccc2)cc1N. The van der Waals surface area contributed by atoms with Crippen LogP contribution in [0.2, 0.25) is 0 Å². The molecule has 1 unspecified atom stereocenters. The fourth-order valence-electron chi connectivity index (χ4n) is 1.88. The van der Waals surface area contributed by atoms with Crippen LogP contribution in [0.15, 0.2) is 48.5 Å². The Hall–Kier alpha value is -2.49. The van der Waals surface area contributed by atoms with Gasteiger partial charge in [0.1, 0.15) is 11.9 Å². The van der Waals surface area contributed by atoms with Crippen molar-refractivity contribution in [3.63, 3.8) is 0 Å². The zero-order valence-corrected chi connectivity index (χ0v) is 11.5. The van der Waals surface area contributed by atoms with E-state index in [4.69, 9.17) is 15.2 Å². The lowest BCUT2D eigenvalue weighted by Gasteiger charge is -2.14. The van der Waals surface area contributed by atoms with Crippen LogP contribution in [-0.2, 0) is 4.74 Å². The van der Waals surface area contributed by atoms with Gasteiger partial charge in [0.25, 0.3) is 0 Å². The van der Waals surface area contributed by atoms with Gasteiger partial charge in [0.15, 0.2) is 0 Å². The van der Waals surface area contributed by atoms with Crippen LogP contribution >= 0.6 is 0 Å². The second-order valence-electron chi connectivity index (χ2n) is 4.41. The Bertz CT molecular complexity index is 596. The van der Waals surface area contributed by atoms with Crippen molar-refractivity contribution in [2.45, 2.75) is 13.0 Å². The molecular weight excluding hydrogens is 254 g/mol. The van der Waals surface area contributed by atoms with Crippen LogP contribution in [0.1, 0.15) is 28.9 Å². The first-order valence-corrected chi connectivity index (χ1v) is 6.31. The van der Waals surface area contributed by atoms with Crippen molar-refractivity contribution >= 4 is 11.7 Å².